The number of allylic oxidation sites excluding steroid dienone is 8. The topological polar surface area (TPSA) is 0 Å². The predicted molar refractivity (Wildman–Crippen MR) is 63.9 cm³/mol. The number of rotatable bonds is 0. The molecule has 0 saturated heterocycles. The summed E-state index contributed by atoms with van der Waals surface area (Å²) in [5.41, 5.74) is 0. The molecule has 1 aliphatic rings. The molecule has 0 bridgehead atoms. The van der Waals surface area contributed by atoms with E-state index in [0.29, 0.717) is 0 Å². The van der Waals surface area contributed by atoms with E-state index in [1.165, 1.54) is 19.3 Å². The molecular formula is C14H19. The molecule has 1 rings (SSSR count). The van der Waals surface area contributed by atoms with Crippen LogP contribution in [0.15, 0.2) is 48.6 Å². The van der Waals surface area contributed by atoms with Crippen molar-refractivity contribution in [3.05, 3.63) is 55.0 Å². The van der Waals surface area contributed by atoms with Crippen molar-refractivity contribution in [3.8, 4) is 0 Å². The molecule has 0 atom stereocenters. The van der Waals surface area contributed by atoms with E-state index in [1.54, 1.807) is 0 Å². The minimum Gasteiger partial charge on any atom is -0.0882 e. The van der Waals surface area contributed by atoms with Gasteiger partial charge in [-0.05, 0) is 38.5 Å². The highest BCUT2D eigenvalue weighted by atomic mass is 13.9. The zero-order valence-electron chi connectivity index (χ0n) is 8.73. The molecule has 0 amide bonds. The highest BCUT2D eigenvalue weighted by Gasteiger charge is 1.81. The molecule has 0 saturated carbocycles. The van der Waals surface area contributed by atoms with E-state index in [-0.39, 0.29) is 0 Å². The lowest BCUT2D eigenvalue weighted by atomic mass is 10.2. The average Bonchev–Trinajstić information content (AvgIpc) is 2.22. The Morgan fingerprint density at radius 1 is 0.571 bits per heavy atom. The van der Waals surface area contributed by atoms with Gasteiger partial charge in [-0.15, -0.1) is 0 Å². The van der Waals surface area contributed by atoms with Crippen LogP contribution in [0.25, 0.3) is 0 Å². The molecule has 0 unspecified atom stereocenters. The minimum atomic E-state index is 1.04. The number of hydrogen-bond acceptors (Lipinski definition) is 0. The van der Waals surface area contributed by atoms with Gasteiger partial charge in [0.05, 0.1) is 0 Å². The summed E-state index contributed by atoms with van der Waals surface area (Å²) in [6, 6.07) is 0. The van der Waals surface area contributed by atoms with Gasteiger partial charge in [-0.3, -0.25) is 0 Å². The molecule has 0 heteroatoms. The molecule has 75 valence electrons. The molecule has 1 radical (unpaired) electrons. The van der Waals surface area contributed by atoms with Gasteiger partial charge in [0.15, 0.2) is 0 Å². The second kappa shape index (κ2) is 8.55. The van der Waals surface area contributed by atoms with Crippen molar-refractivity contribution < 1.29 is 0 Å². The minimum absolute atomic E-state index is 1.04. The standard InChI is InChI=1S/C14H19/c1-2-4-6-8-10-12-14-13-11-9-7-5-3-1/h1-5,8,10,13-14H,6-7,9,11-12H2/b2-1+,5-3+,10-8+,14-13+. The van der Waals surface area contributed by atoms with Crippen LogP contribution in [0.2, 0.25) is 0 Å². The first-order chi connectivity index (χ1) is 7.00. The monoisotopic (exact) mass is 187 g/mol. The van der Waals surface area contributed by atoms with Crippen LogP contribution in [0.4, 0.5) is 0 Å². The maximum atomic E-state index is 2.28. The Balaban J connectivity index is 2.34. The second-order valence-electron chi connectivity index (χ2n) is 3.39. The Hall–Kier alpha value is -1.04. The lowest BCUT2D eigenvalue weighted by Crippen LogP contribution is -1.71. The Kier molecular flexibility index (Phi) is 6.74. The second-order valence-corrected chi connectivity index (χ2v) is 3.39. The maximum absolute atomic E-state index is 2.28. The fraction of sp³-hybridized carbons (Fsp3) is 0.357. The van der Waals surface area contributed by atoms with Gasteiger partial charge in [-0.1, -0.05) is 48.6 Å². The van der Waals surface area contributed by atoms with Gasteiger partial charge in [0.1, 0.15) is 0 Å². The maximum Gasteiger partial charge on any atom is -0.0130 e. The zero-order chi connectivity index (χ0) is 9.90. The highest BCUT2D eigenvalue weighted by Crippen LogP contribution is 2.01. The summed E-state index contributed by atoms with van der Waals surface area (Å²) in [5.74, 6) is 0. The lowest BCUT2D eigenvalue weighted by Gasteiger charge is -1.91. The van der Waals surface area contributed by atoms with Gasteiger partial charge in [0, 0.05) is 0 Å². The van der Waals surface area contributed by atoms with Crippen molar-refractivity contribution >= 4 is 0 Å². The molecular weight excluding hydrogens is 168 g/mol. The van der Waals surface area contributed by atoms with Crippen LogP contribution in [0.5, 0.6) is 0 Å². The molecule has 0 aromatic carbocycles. The average molecular weight is 187 g/mol. The third kappa shape index (κ3) is 6.47. The first kappa shape index (κ1) is 11.0. The normalized spacial score (nSPS) is 28.6. The largest absolute Gasteiger partial charge is 0.0882 e. The van der Waals surface area contributed by atoms with E-state index in [4.69, 9.17) is 0 Å². The van der Waals surface area contributed by atoms with Crippen LogP contribution >= 0.6 is 0 Å². The smallest absolute Gasteiger partial charge is 0.0130 e. The summed E-state index contributed by atoms with van der Waals surface area (Å²) in [4.78, 5) is 0. The highest BCUT2D eigenvalue weighted by molar-refractivity contribution is 5.09. The van der Waals surface area contributed by atoms with Gasteiger partial charge in [-0.25, -0.2) is 0 Å². The third-order valence-corrected chi connectivity index (χ3v) is 2.11. The van der Waals surface area contributed by atoms with E-state index in [2.05, 4.69) is 55.0 Å². The summed E-state index contributed by atoms with van der Waals surface area (Å²) in [6.45, 7) is 0. The van der Waals surface area contributed by atoms with E-state index in [1.807, 2.05) is 0 Å². The van der Waals surface area contributed by atoms with Gasteiger partial charge in [0.25, 0.3) is 0 Å². The predicted octanol–water partition coefficient (Wildman–Crippen LogP) is 4.38. The van der Waals surface area contributed by atoms with Crippen molar-refractivity contribution in [2.45, 2.75) is 32.1 Å². The van der Waals surface area contributed by atoms with E-state index in [0.717, 1.165) is 12.8 Å². The quantitative estimate of drug-likeness (QED) is 0.494. The third-order valence-electron chi connectivity index (χ3n) is 2.11. The Bertz CT molecular complexity index is 228. The van der Waals surface area contributed by atoms with Crippen molar-refractivity contribution in [3.63, 3.8) is 0 Å². The summed E-state index contributed by atoms with van der Waals surface area (Å²) in [5, 5.41) is 0. The summed E-state index contributed by atoms with van der Waals surface area (Å²) >= 11 is 0. The first-order valence-corrected chi connectivity index (χ1v) is 5.45. The molecule has 0 spiro atoms. The lowest BCUT2D eigenvalue weighted by molar-refractivity contribution is 0.866. The van der Waals surface area contributed by atoms with Crippen molar-refractivity contribution in [1.29, 1.82) is 0 Å². The summed E-state index contributed by atoms with van der Waals surface area (Å²) in [7, 11) is 0. The fourth-order valence-electron chi connectivity index (χ4n) is 1.31. The van der Waals surface area contributed by atoms with Crippen LogP contribution in [0.1, 0.15) is 32.1 Å². The SMILES string of the molecule is [CH]1/C=C/C=C/CCC/C=C/C/C=C/C1. The molecule has 0 N–H and O–H groups in total. The summed E-state index contributed by atoms with van der Waals surface area (Å²) < 4.78 is 0. The Labute approximate surface area is 87.7 Å². The fourth-order valence-corrected chi connectivity index (χ4v) is 1.31. The molecule has 1 aliphatic carbocycles. The molecule has 14 heavy (non-hydrogen) atoms. The zero-order valence-corrected chi connectivity index (χ0v) is 8.73. The van der Waals surface area contributed by atoms with E-state index in [9.17, 15) is 0 Å². The molecule has 0 heterocycles. The van der Waals surface area contributed by atoms with Gasteiger partial charge >= 0.3 is 0 Å². The molecule has 0 aromatic heterocycles. The van der Waals surface area contributed by atoms with Crippen LogP contribution < -0.4 is 0 Å². The van der Waals surface area contributed by atoms with Gasteiger partial charge in [0.2, 0.25) is 0 Å². The van der Waals surface area contributed by atoms with Gasteiger partial charge < -0.3 is 0 Å². The molecule has 0 nitrogen and oxygen atoms in total. The first-order valence-electron chi connectivity index (χ1n) is 5.45. The van der Waals surface area contributed by atoms with Crippen LogP contribution in [-0.2, 0) is 0 Å². The Morgan fingerprint density at radius 2 is 1.36 bits per heavy atom. The van der Waals surface area contributed by atoms with Crippen molar-refractivity contribution in [2.24, 2.45) is 0 Å². The van der Waals surface area contributed by atoms with Crippen molar-refractivity contribution in [2.75, 3.05) is 0 Å². The summed E-state index contributed by atoms with van der Waals surface area (Å²) in [6.07, 6.45) is 25.5. The van der Waals surface area contributed by atoms with E-state index < -0.39 is 0 Å². The van der Waals surface area contributed by atoms with Crippen molar-refractivity contribution in [1.82, 2.24) is 0 Å². The molecule has 0 aromatic rings. The van der Waals surface area contributed by atoms with Crippen LogP contribution in [0, 0.1) is 6.42 Å². The van der Waals surface area contributed by atoms with Crippen LogP contribution in [0.3, 0.4) is 0 Å². The van der Waals surface area contributed by atoms with Crippen LogP contribution in [-0.4, -0.2) is 0 Å². The van der Waals surface area contributed by atoms with Gasteiger partial charge in [-0.2, -0.15) is 0 Å². The number of hydrogen-bond donors (Lipinski definition) is 0. The molecule has 0 aliphatic heterocycles. The Morgan fingerprint density at radius 3 is 2.36 bits per heavy atom. The van der Waals surface area contributed by atoms with E-state index >= 15 is 0 Å². The molecule has 0 fully saturated rings.